The molecule has 0 amide bonds. The largest absolute Gasteiger partial charge is 0.0897 e. The average Bonchev–Trinajstić information content (AvgIpc) is 3.00. The van der Waals surface area contributed by atoms with Crippen molar-refractivity contribution in [3.63, 3.8) is 0 Å². The Balaban J connectivity index is 2.20. The van der Waals surface area contributed by atoms with Crippen molar-refractivity contribution >= 4 is 7.92 Å². The molecule has 1 fully saturated rings. The van der Waals surface area contributed by atoms with E-state index in [0.29, 0.717) is 5.16 Å². The zero-order chi connectivity index (χ0) is 16.5. The van der Waals surface area contributed by atoms with Gasteiger partial charge in [0.1, 0.15) is 0 Å². The van der Waals surface area contributed by atoms with Crippen molar-refractivity contribution in [2.75, 3.05) is 0 Å². The Hall–Kier alpha value is -0.0900. The molecule has 1 heterocycles. The number of rotatable bonds is 10. The molecule has 0 N–H and O–H groups in total. The minimum absolute atomic E-state index is 0.153. The number of unbranched alkanes of at least 4 members (excludes halogenated alkanes) is 3. The van der Waals surface area contributed by atoms with Gasteiger partial charge in [-0.15, -0.1) is 0 Å². The van der Waals surface area contributed by atoms with Crippen LogP contribution in [0.5, 0.6) is 0 Å². The summed E-state index contributed by atoms with van der Waals surface area (Å²) in [7, 11) is 0.153. The molecule has 0 radical (unpaired) electrons. The Morgan fingerprint density at radius 1 is 0.870 bits per heavy atom. The molecular formula is C22H39P. The maximum atomic E-state index is 2.66. The van der Waals surface area contributed by atoms with Crippen LogP contribution in [0.2, 0.25) is 0 Å². The van der Waals surface area contributed by atoms with Crippen molar-refractivity contribution in [1.82, 2.24) is 0 Å². The standard InChI is InChI=1S/C22H39P/c1-4-7-13-20-15-16-21(14-8-5-2)23(20)22(17-9-6-3)18-11-10-12-19-22/h10-12,18,20-21H,4-9,13-17,19H2,1-3H3. The summed E-state index contributed by atoms with van der Waals surface area (Å²) >= 11 is 0. The molecule has 2 rings (SSSR count). The van der Waals surface area contributed by atoms with E-state index in [2.05, 4.69) is 45.1 Å². The van der Waals surface area contributed by atoms with Crippen LogP contribution in [-0.2, 0) is 0 Å². The van der Waals surface area contributed by atoms with Gasteiger partial charge in [0.15, 0.2) is 0 Å². The lowest BCUT2D eigenvalue weighted by atomic mass is 9.94. The lowest BCUT2D eigenvalue weighted by Gasteiger charge is -2.44. The van der Waals surface area contributed by atoms with E-state index in [0.717, 1.165) is 11.3 Å². The second-order valence-electron chi connectivity index (χ2n) is 7.78. The zero-order valence-corrected chi connectivity index (χ0v) is 16.8. The van der Waals surface area contributed by atoms with Crippen molar-refractivity contribution in [1.29, 1.82) is 0 Å². The molecule has 23 heavy (non-hydrogen) atoms. The lowest BCUT2D eigenvalue weighted by Crippen LogP contribution is -2.31. The van der Waals surface area contributed by atoms with Gasteiger partial charge in [0, 0.05) is 5.16 Å². The highest BCUT2D eigenvalue weighted by atomic mass is 31.1. The van der Waals surface area contributed by atoms with Crippen LogP contribution in [0.4, 0.5) is 0 Å². The molecule has 0 spiro atoms. The Kier molecular flexibility index (Phi) is 8.39. The second kappa shape index (κ2) is 10.0. The molecule has 1 aliphatic heterocycles. The molecule has 0 bridgehead atoms. The summed E-state index contributed by atoms with van der Waals surface area (Å²) in [6, 6.07) is 0. The molecule has 132 valence electrons. The molecule has 0 nitrogen and oxygen atoms in total. The summed E-state index contributed by atoms with van der Waals surface area (Å²) in [5.41, 5.74) is 2.11. The third kappa shape index (κ3) is 4.94. The first-order valence-corrected chi connectivity index (χ1v) is 11.9. The van der Waals surface area contributed by atoms with Crippen molar-refractivity contribution in [3.8, 4) is 0 Å². The average molecular weight is 335 g/mol. The highest BCUT2D eigenvalue weighted by molar-refractivity contribution is 7.61. The Labute approximate surface area is 147 Å². The summed E-state index contributed by atoms with van der Waals surface area (Å²) in [5, 5.41) is 0.549. The molecule has 1 saturated heterocycles. The monoisotopic (exact) mass is 334 g/mol. The van der Waals surface area contributed by atoms with Crippen LogP contribution < -0.4 is 0 Å². The first-order valence-electron chi connectivity index (χ1n) is 10.4. The Morgan fingerprint density at radius 3 is 1.96 bits per heavy atom. The molecule has 3 atom stereocenters. The van der Waals surface area contributed by atoms with Gasteiger partial charge in [-0.3, -0.25) is 0 Å². The highest BCUT2D eigenvalue weighted by Gasteiger charge is 2.46. The molecule has 2 aliphatic rings. The van der Waals surface area contributed by atoms with Gasteiger partial charge in [-0.05, 0) is 49.8 Å². The maximum absolute atomic E-state index is 2.66. The van der Waals surface area contributed by atoms with E-state index in [1.165, 1.54) is 77.0 Å². The number of hydrogen-bond donors (Lipinski definition) is 0. The topological polar surface area (TPSA) is 0 Å². The maximum Gasteiger partial charge on any atom is 0.0126 e. The van der Waals surface area contributed by atoms with E-state index in [1.54, 1.807) is 0 Å². The van der Waals surface area contributed by atoms with Gasteiger partial charge in [-0.1, -0.05) is 91.5 Å². The zero-order valence-electron chi connectivity index (χ0n) is 15.9. The quantitative estimate of drug-likeness (QED) is 0.357. The fourth-order valence-electron chi connectivity index (χ4n) is 4.78. The predicted octanol–water partition coefficient (Wildman–Crippen LogP) is 7.82. The number of allylic oxidation sites excluding steroid dienone is 4. The minimum atomic E-state index is 0.153. The fraction of sp³-hybridized carbons (Fsp3) is 0.818. The summed E-state index contributed by atoms with van der Waals surface area (Å²) < 4.78 is 0. The third-order valence-corrected chi connectivity index (χ3v) is 10.2. The first kappa shape index (κ1) is 19.2. The summed E-state index contributed by atoms with van der Waals surface area (Å²) in [4.78, 5) is 0. The van der Waals surface area contributed by atoms with E-state index in [-0.39, 0.29) is 7.92 Å². The van der Waals surface area contributed by atoms with E-state index in [1.807, 2.05) is 0 Å². The van der Waals surface area contributed by atoms with Gasteiger partial charge in [0.05, 0.1) is 0 Å². The molecule has 1 heteroatoms. The van der Waals surface area contributed by atoms with Crippen LogP contribution in [0.3, 0.4) is 0 Å². The van der Waals surface area contributed by atoms with Crippen LogP contribution in [0.25, 0.3) is 0 Å². The second-order valence-corrected chi connectivity index (χ2v) is 10.9. The van der Waals surface area contributed by atoms with Crippen LogP contribution in [-0.4, -0.2) is 16.5 Å². The van der Waals surface area contributed by atoms with E-state index in [9.17, 15) is 0 Å². The van der Waals surface area contributed by atoms with E-state index in [4.69, 9.17) is 0 Å². The van der Waals surface area contributed by atoms with E-state index >= 15 is 0 Å². The van der Waals surface area contributed by atoms with Crippen molar-refractivity contribution in [2.24, 2.45) is 0 Å². The number of hydrogen-bond acceptors (Lipinski definition) is 0. The highest BCUT2D eigenvalue weighted by Crippen LogP contribution is 2.69. The molecule has 0 aromatic heterocycles. The summed E-state index contributed by atoms with van der Waals surface area (Å²) in [6.45, 7) is 7.09. The van der Waals surface area contributed by atoms with Gasteiger partial charge < -0.3 is 0 Å². The smallest absolute Gasteiger partial charge is 0.0126 e. The van der Waals surface area contributed by atoms with Gasteiger partial charge in [0.2, 0.25) is 0 Å². The lowest BCUT2D eigenvalue weighted by molar-refractivity contribution is 0.575. The van der Waals surface area contributed by atoms with Gasteiger partial charge in [-0.25, -0.2) is 0 Å². The van der Waals surface area contributed by atoms with Crippen LogP contribution in [0.15, 0.2) is 24.3 Å². The predicted molar refractivity (Wildman–Crippen MR) is 108 cm³/mol. The van der Waals surface area contributed by atoms with Crippen LogP contribution in [0, 0.1) is 0 Å². The molecule has 0 aromatic rings. The van der Waals surface area contributed by atoms with Gasteiger partial charge in [0.25, 0.3) is 0 Å². The normalized spacial score (nSPS) is 33.4. The van der Waals surface area contributed by atoms with Crippen molar-refractivity contribution in [2.45, 2.75) is 114 Å². The van der Waals surface area contributed by atoms with Crippen LogP contribution in [0.1, 0.15) is 97.8 Å². The molecule has 1 aliphatic carbocycles. The molecular weight excluding hydrogens is 295 g/mol. The van der Waals surface area contributed by atoms with Crippen LogP contribution >= 0.6 is 7.92 Å². The SMILES string of the molecule is CCCCC1CCC(CCCC)P1C1(CCCC)C=CC=CC1. The van der Waals surface area contributed by atoms with Crippen molar-refractivity contribution in [3.05, 3.63) is 24.3 Å². The fourth-order valence-corrected chi connectivity index (χ4v) is 9.59. The van der Waals surface area contributed by atoms with E-state index < -0.39 is 0 Å². The summed E-state index contributed by atoms with van der Waals surface area (Å²) in [5.74, 6) is 0. The summed E-state index contributed by atoms with van der Waals surface area (Å²) in [6.07, 6.45) is 27.1. The van der Waals surface area contributed by atoms with Gasteiger partial charge in [-0.2, -0.15) is 0 Å². The Bertz CT molecular complexity index is 367. The van der Waals surface area contributed by atoms with Gasteiger partial charge >= 0.3 is 0 Å². The molecule has 3 unspecified atom stereocenters. The molecule has 0 aromatic carbocycles. The third-order valence-electron chi connectivity index (χ3n) is 6.00. The minimum Gasteiger partial charge on any atom is -0.0897 e. The first-order chi connectivity index (χ1) is 11.3. The molecule has 0 saturated carbocycles. The van der Waals surface area contributed by atoms with Crippen molar-refractivity contribution < 1.29 is 0 Å². The Morgan fingerprint density at radius 2 is 1.48 bits per heavy atom.